The van der Waals surface area contributed by atoms with Crippen LogP contribution in [0.25, 0.3) is 32.9 Å². The van der Waals surface area contributed by atoms with Gasteiger partial charge in [0.2, 0.25) is 0 Å². The molecule has 2 aromatic carbocycles. The summed E-state index contributed by atoms with van der Waals surface area (Å²) in [6.45, 7) is 1.79. The molecule has 6 heteroatoms. The van der Waals surface area contributed by atoms with Gasteiger partial charge in [-0.1, -0.05) is 30.3 Å². The van der Waals surface area contributed by atoms with Crippen LogP contribution in [-0.4, -0.2) is 35.2 Å². The van der Waals surface area contributed by atoms with Gasteiger partial charge < -0.3 is 9.64 Å². The minimum atomic E-state index is -0.419. The average molecular weight is 400 g/mol. The van der Waals surface area contributed by atoms with E-state index in [2.05, 4.69) is 38.1 Å². The molecule has 1 saturated heterocycles. The van der Waals surface area contributed by atoms with Gasteiger partial charge in [0.05, 0.1) is 12.5 Å². The fraction of sp³-hybridized carbons (Fsp3) is 0.292. The van der Waals surface area contributed by atoms with E-state index >= 15 is 4.39 Å². The number of methoxy groups -OCH3 is 1. The lowest BCUT2D eigenvalue weighted by molar-refractivity contribution is 0.381. The summed E-state index contributed by atoms with van der Waals surface area (Å²) in [5.41, 5.74) is 4.03. The third-order valence-corrected chi connectivity index (χ3v) is 6.23. The van der Waals surface area contributed by atoms with Gasteiger partial charge in [-0.05, 0) is 47.6 Å². The van der Waals surface area contributed by atoms with E-state index in [1.54, 1.807) is 6.20 Å². The molecule has 3 heterocycles. The fourth-order valence-corrected chi connectivity index (χ4v) is 4.64. The number of anilines is 1. The number of aromatic nitrogens is 3. The standard InChI is InChI=1S/C24H21FN4O/c1-30-24-27-22-18(23(28-24)29-10-3-2-4-11-29)13-26-21(20(22)25)16-7-5-6-14-8-9-15-12-17(15)19(14)16/h5-9,13H,2-4,10-12H2,1H3. The second kappa shape index (κ2) is 6.62. The number of hydrogen-bond donors (Lipinski definition) is 0. The van der Waals surface area contributed by atoms with Gasteiger partial charge in [0.25, 0.3) is 0 Å². The van der Waals surface area contributed by atoms with Crippen LogP contribution in [0.5, 0.6) is 6.01 Å². The van der Waals surface area contributed by atoms with E-state index < -0.39 is 5.82 Å². The van der Waals surface area contributed by atoms with Crippen molar-refractivity contribution >= 4 is 27.5 Å². The molecule has 0 saturated carbocycles. The highest BCUT2D eigenvalue weighted by molar-refractivity contribution is 6.03. The number of piperidine rings is 1. The van der Waals surface area contributed by atoms with E-state index in [0.717, 1.165) is 48.7 Å². The van der Waals surface area contributed by atoms with E-state index in [0.29, 0.717) is 16.9 Å². The van der Waals surface area contributed by atoms with Crippen molar-refractivity contribution in [2.45, 2.75) is 25.7 Å². The SMILES string of the molecule is COc1nc(N2CCCCC2)c2cnc(-c3cccc4ccc5c(c34)C5)c(F)c2n1. The third kappa shape index (κ3) is 2.63. The molecule has 0 bridgehead atoms. The average Bonchev–Trinajstić information content (AvgIpc) is 3.59. The quantitative estimate of drug-likeness (QED) is 0.432. The van der Waals surface area contributed by atoms with Gasteiger partial charge in [0, 0.05) is 24.8 Å². The smallest absolute Gasteiger partial charge is 0.318 e. The van der Waals surface area contributed by atoms with Crippen molar-refractivity contribution in [3.05, 3.63) is 53.5 Å². The van der Waals surface area contributed by atoms with Gasteiger partial charge in [0.15, 0.2) is 5.82 Å². The molecule has 0 amide bonds. The Kier molecular flexibility index (Phi) is 3.88. The molecule has 0 atom stereocenters. The zero-order chi connectivity index (χ0) is 20.2. The van der Waals surface area contributed by atoms with Crippen LogP contribution in [0.1, 0.15) is 30.4 Å². The number of rotatable bonds is 3. The minimum Gasteiger partial charge on any atom is -0.467 e. The van der Waals surface area contributed by atoms with Crippen molar-refractivity contribution in [2.75, 3.05) is 25.1 Å². The fourth-order valence-electron chi connectivity index (χ4n) is 4.64. The first-order valence-electron chi connectivity index (χ1n) is 10.4. The normalized spacial score (nSPS) is 15.5. The topological polar surface area (TPSA) is 51.1 Å². The molecular weight excluding hydrogens is 379 g/mol. The molecule has 0 spiro atoms. The molecule has 0 N–H and O–H groups in total. The molecule has 4 aromatic rings. The highest BCUT2D eigenvalue weighted by atomic mass is 19.1. The van der Waals surface area contributed by atoms with Gasteiger partial charge in [-0.2, -0.15) is 9.97 Å². The largest absolute Gasteiger partial charge is 0.467 e. The Balaban J connectivity index is 1.59. The summed E-state index contributed by atoms with van der Waals surface area (Å²) in [6, 6.07) is 10.4. The minimum absolute atomic E-state index is 0.185. The summed E-state index contributed by atoms with van der Waals surface area (Å²) in [4.78, 5) is 15.7. The van der Waals surface area contributed by atoms with Crippen LogP contribution < -0.4 is 9.64 Å². The monoisotopic (exact) mass is 400 g/mol. The Labute approximate surface area is 173 Å². The van der Waals surface area contributed by atoms with Gasteiger partial charge in [0.1, 0.15) is 17.0 Å². The lowest BCUT2D eigenvalue weighted by Crippen LogP contribution is -2.30. The Bertz CT molecular complexity index is 1310. The number of fused-ring (bicyclic) bond motifs is 4. The summed E-state index contributed by atoms with van der Waals surface area (Å²) in [7, 11) is 1.52. The van der Waals surface area contributed by atoms with E-state index in [1.807, 2.05) is 12.1 Å². The zero-order valence-corrected chi connectivity index (χ0v) is 16.8. The molecule has 1 fully saturated rings. The Morgan fingerprint density at radius 3 is 2.73 bits per heavy atom. The van der Waals surface area contributed by atoms with Crippen LogP contribution in [0.15, 0.2) is 36.5 Å². The number of halogens is 1. The van der Waals surface area contributed by atoms with Crippen molar-refractivity contribution in [2.24, 2.45) is 0 Å². The molecule has 150 valence electrons. The second-order valence-electron chi connectivity index (χ2n) is 8.05. The van der Waals surface area contributed by atoms with E-state index in [4.69, 9.17) is 4.74 Å². The Morgan fingerprint density at radius 1 is 1.03 bits per heavy atom. The van der Waals surface area contributed by atoms with Crippen molar-refractivity contribution < 1.29 is 9.13 Å². The summed E-state index contributed by atoms with van der Waals surface area (Å²) < 4.78 is 21.2. The van der Waals surface area contributed by atoms with Crippen LogP contribution in [0.4, 0.5) is 10.2 Å². The number of ether oxygens (including phenoxy) is 1. The molecule has 1 aliphatic heterocycles. The first kappa shape index (κ1) is 17.6. The second-order valence-corrected chi connectivity index (χ2v) is 8.05. The summed E-state index contributed by atoms with van der Waals surface area (Å²) in [6.07, 6.45) is 6.09. The maximum atomic E-state index is 15.9. The predicted octanol–water partition coefficient (Wildman–Crippen LogP) is 4.89. The predicted molar refractivity (Wildman–Crippen MR) is 116 cm³/mol. The van der Waals surface area contributed by atoms with Crippen molar-refractivity contribution in [1.29, 1.82) is 0 Å². The van der Waals surface area contributed by atoms with Gasteiger partial charge in [-0.25, -0.2) is 4.39 Å². The molecule has 6 rings (SSSR count). The maximum Gasteiger partial charge on any atom is 0.318 e. The van der Waals surface area contributed by atoms with Crippen LogP contribution in [0, 0.1) is 5.82 Å². The van der Waals surface area contributed by atoms with Crippen LogP contribution in [-0.2, 0) is 6.42 Å². The number of pyridine rings is 1. The van der Waals surface area contributed by atoms with Crippen LogP contribution in [0.2, 0.25) is 0 Å². The molecule has 5 nitrogen and oxygen atoms in total. The third-order valence-electron chi connectivity index (χ3n) is 6.23. The maximum absolute atomic E-state index is 15.9. The first-order valence-corrected chi connectivity index (χ1v) is 10.4. The molecule has 0 unspecified atom stereocenters. The summed E-state index contributed by atoms with van der Waals surface area (Å²) in [5, 5.41) is 2.84. The van der Waals surface area contributed by atoms with Crippen molar-refractivity contribution in [1.82, 2.24) is 15.0 Å². The molecule has 30 heavy (non-hydrogen) atoms. The highest BCUT2D eigenvalue weighted by Gasteiger charge is 2.25. The van der Waals surface area contributed by atoms with Crippen molar-refractivity contribution in [3.63, 3.8) is 0 Å². The highest BCUT2D eigenvalue weighted by Crippen LogP contribution is 2.42. The van der Waals surface area contributed by atoms with Gasteiger partial charge in [-0.15, -0.1) is 0 Å². The molecule has 1 aliphatic carbocycles. The van der Waals surface area contributed by atoms with E-state index in [9.17, 15) is 0 Å². The molecule has 0 radical (unpaired) electrons. The number of hydrogen-bond acceptors (Lipinski definition) is 5. The molecular formula is C24H21FN4O. The lowest BCUT2D eigenvalue weighted by atomic mass is 10.0. The van der Waals surface area contributed by atoms with Crippen LogP contribution in [0.3, 0.4) is 0 Å². The van der Waals surface area contributed by atoms with Gasteiger partial charge >= 0.3 is 6.01 Å². The Hall–Kier alpha value is -3.28. The van der Waals surface area contributed by atoms with Crippen LogP contribution >= 0.6 is 0 Å². The van der Waals surface area contributed by atoms with E-state index in [1.165, 1.54) is 24.7 Å². The Morgan fingerprint density at radius 2 is 1.90 bits per heavy atom. The summed E-state index contributed by atoms with van der Waals surface area (Å²) in [5.74, 6) is 0.289. The number of nitrogens with zero attached hydrogens (tertiary/aromatic N) is 4. The summed E-state index contributed by atoms with van der Waals surface area (Å²) >= 11 is 0. The lowest BCUT2D eigenvalue weighted by Gasteiger charge is -2.28. The molecule has 2 aromatic heterocycles. The first-order chi connectivity index (χ1) is 14.7. The zero-order valence-electron chi connectivity index (χ0n) is 16.8. The van der Waals surface area contributed by atoms with Gasteiger partial charge in [-0.3, -0.25) is 4.98 Å². The van der Waals surface area contributed by atoms with E-state index in [-0.39, 0.29) is 11.5 Å². The number of benzene rings is 2. The van der Waals surface area contributed by atoms with Crippen molar-refractivity contribution in [3.8, 4) is 17.3 Å². The molecule has 2 aliphatic rings.